The number of nitrogens with zero attached hydrogens (tertiary/aromatic N) is 1. The van der Waals surface area contributed by atoms with Crippen molar-refractivity contribution in [1.82, 2.24) is 10.2 Å². The molecular formula is C12H22N2O4. The first-order valence-electron chi connectivity index (χ1n) is 5.98. The molecule has 0 aromatic heterocycles. The Balaban J connectivity index is 4.29. The minimum Gasteiger partial charge on any atom is -0.469 e. The van der Waals surface area contributed by atoms with Crippen LogP contribution in [0.1, 0.15) is 27.2 Å². The van der Waals surface area contributed by atoms with Crippen LogP contribution in [-0.2, 0) is 19.1 Å². The molecule has 6 heteroatoms. The van der Waals surface area contributed by atoms with Crippen molar-refractivity contribution >= 4 is 17.8 Å². The van der Waals surface area contributed by atoms with Crippen molar-refractivity contribution in [2.45, 2.75) is 27.2 Å². The molecule has 0 bridgehead atoms. The Morgan fingerprint density at radius 3 is 2.28 bits per heavy atom. The van der Waals surface area contributed by atoms with Crippen molar-refractivity contribution in [1.29, 1.82) is 0 Å². The predicted molar refractivity (Wildman–Crippen MR) is 66.7 cm³/mol. The first-order valence-corrected chi connectivity index (χ1v) is 5.98. The average molecular weight is 258 g/mol. The number of amides is 2. The molecule has 0 rings (SSSR count). The van der Waals surface area contributed by atoms with E-state index in [4.69, 9.17) is 0 Å². The third-order valence-electron chi connectivity index (χ3n) is 2.37. The molecule has 0 aromatic rings. The second-order valence-electron chi connectivity index (χ2n) is 4.29. The summed E-state index contributed by atoms with van der Waals surface area (Å²) in [6.45, 7) is 6.10. The van der Waals surface area contributed by atoms with Gasteiger partial charge in [-0.25, -0.2) is 0 Å². The Bertz CT molecular complexity index is 302. The van der Waals surface area contributed by atoms with E-state index < -0.39 is 0 Å². The lowest BCUT2D eigenvalue weighted by molar-refractivity contribution is -0.142. The maximum absolute atomic E-state index is 11.9. The quantitative estimate of drug-likeness (QED) is 0.660. The van der Waals surface area contributed by atoms with Crippen molar-refractivity contribution in [3.05, 3.63) is 0 Å². The molecule has 0 saturated carbocycles. The summed E-state index contributed by atoms with van der Waals surface area (Å²) in [7, 11) is 1.31. The second kappa shape index (κ2) is 8.49. The third kappa shape index (κ3) is 6.88. The lowest BCUT2D eigenvalue weighted by Gasteiger charge is -2.24. The number of ether oxygens (including phenoxy) is 1. The Morgan fingerprint density at radius 1 is 1.22 bits per heavy atom. The highest BCUT2D eigenvalue weighted by atomic mass is 16.5. The monoisotopic (exact) mass is 258 g/mol. The summed E-state index contributed by atoms with van der Waals surface area (Å²) < 4.78 is 4.54. The molecule has 0 aliphatic rings. The summed E-state index contributed by atoms with van der Waals surface area (Å²) in [4.78, 5) is 35.3. The standard InChI is InChI=1S/C12H22N2O4/c1-9(2)12(17)14(7-5-11(16)18-4)8-6-13-10(3)15/h9H,5-8H2,1-4H3,(H,13,15). The van der Waals surface area contributed by atoms with Gasteiger partial charge in [0.1, 0.15) is 0 Å². The molecule has 2 amide bonds. The number of rotatable bonds is 7. The Morgan fingerprint density at radius 2 is 1.83 bits per heavy atom. The van der Waals surface area contributed by atoms with Gasteiger partial charge in [0.2, 0.25) is 11.8 Å². The lowest BCUT2D eigenvalue weighted by atomic mass is 10.2. The van der Waals surface area contributed by atoms with Gasteiger partial charge in [0.25, 0.3) is 0 Å². The van der Waals surface area contributed by atoms with Crippen LogP contribution in [0.5, 0.6) is 0 Å². The van der Waals surface area contributed by atoms with E-state index in [1.54, 1.807) is 18.7 Å². The number of hydrogen-bond donors (Lipinski definition) is 1. The molecule has 0 saturated heterocycles. The van der Waals surface area contributed by atoms with Gasteiger partial charge in [-0.3, -0.25) is 14.4 Å². The molecule has 0 radical (unpaired) electrons. The van der Waals surface area contributed by atoms with Gasteiger partial charge in [-0.05, 0) is 0 Å². The van der Waals surface area contributed by atoms with E-state index in [2.05, 4.69) is 10.1 Å². The van der Waals surface area contributed by atoms with Crippen LogP contribution in [0.3, 0.4) is 0 Å². The molecule has 0 aliphatic carbocycles. The summed E-state index contributed by atoms with van der Waals surface area (Å²) in [5.41, 5.74) is 0. The number of nitrogens with one attached hydrogen (secondary N) is 1. The van der Waals surface area contributed by atoms with Gasteiger partial charge in [0, 0.05) is 32.5 Å². The van der Waals surface area contributed by atoms with E-state index in [-0.39, 0.29) is 30.1 Å². The van der Waals surface area contributed by atoms with Crippen molar-refractivity contribution in [2.24, 2.45) is 5.92 Å². The second-order valence-corrected chi connectivity index (χ2v) is 4.29. The summed E-state index contributed by atoms with van der Waals surface area (Å²) >= 11 is 0. The maximum Gasteiger partial charge on any atom is 0.307 e. The molecule has 18 heavy (non-hydrogen) atoms. The number of hydrogen-bond acceptors (Lipinski definition) is 4. The molecule has 0 aliphatic heterocycles. The van der Waals surface area contributed by atoms with Crippen LogP contribution in [0.2, 0.25) is 0 Å². The molecule has 0 unspecified atom stereocenters. The molecule has 6 nitrogen and oxygen atoms in total. The van der Waals surface area contributed by atoms with Crippen LogP contribution < -0.4 is 5.32 Å². The van der Waals surface area contributed by atoms with Crippen LogP contribution in [0.15, 0.2) is 0 Å². The van der Waals surface area contributed by atoms with E-state index >= 15 is 0 Å². The van der Waals surface area contributed by atoms with Gasteiger partial charge in [0.05, 0.1) is 13.5 Å². The molecule has 0 aromatic carbocycles. The first-order chi connectivity index (χ1) is 8.38. The fourth-order valence-electron chi connectivity index (χ4n) is 1.39. The van der Waals surface area contributed by atoms with Crippen molar-refractivity contribution in [3.8, 4) is 0 Å². The van der Waals surface area contributed by atoms with E-state index in [0.29, 0.717) is 19.6 Å². The first kappa shape index (κ1) is 16.4. The summed E-state index contributed by atoms with van der Waals surface area (Å²) in [6, 6.07) is 0. The zero-order chi connectivity index (χ0) is 14.1. The highest BCUT2D eigenvalue weighted by Crippen LogP contribution is 2.02. The molecule has 0 atom stereocenters. The fourth-order valence-corrected chi connectivity index (χ4v) is 1.39. The van der Waals surface area contributed by atoms with Crippen molar-refractivity contribution < 1.29 is 19.1 Å². The van der Waals surface area contributed by atoms with Crippen molar-refractivity contribution in [3.63, 3.8) is 0 Å². The van der Waals surface area contributed by atoms with E-state index in [1.807, 2.05) is 0 Å². The third-order valence-corrected chi connectivity index (χ3v) is 2.37. The Labute approximate surface area is 108 Å². The predicted octanol–water partition coefficient (Wildman–Crippen LogP) is 0.170. The molecule has 0 heterocycles. The number of methoxy groups -OCH3 is 1. The largest absolute Gasteiger partial charge is 0.469 e. The summed E-state index contributed by atoms with van der Waals surface area (Å²) in [5, 5.41) is 2.62. The van der Waals surface area contributed by atoms with Crippen LogP contribution in [0.25, 0.3) is 0 Å². The highest BCUT2D eigenvalue weighted by molar-refractivity contribution is 5.79. The van der Waals surface area contributed by atoms with Crippen LogP contribution in [-0.4, -0.2) is 49.4 Å². The molecule has 1 N–H and O–H groups in total. The Hall–Kier alpha value is -1.59. The van der Waals surface area contributed by atoms with Gasteiger partial charge in [-0.15, -0.1) is 0 Å². The van der Waals surface area contributed by atoms with Gasteiger partial charge >= 0.3 is 5.97 Å². The zero-order valence-corrected chi connectivity index (χ0v) is 11.5. The normalized spacial score (nSPS) is 10.1. The fraction of sp³-hybridized carbons (Fsp3) is 0.750. The minimum absolute atomic E-state index is 0.0377. The van der Waals surface area contributed by atoms with Crippen LogP contribution >= 0.6 is 0 Å². The average Bonchev–Trinajstić information content (AvgIpc) is 2.31. The van der Waals surface area contributed by atoms with Gasteiger partial charge in [-0.2, -0.15) is 0 Å². The van der Waals surface area contributed by atoms with Gasteiger partial charge in [-0.1, -0.05) is 13.8 Å². The number of esters is 1. The van der Waals surface area contributed by atoms with Crippen molar-refractivity contribution in [2.75, 3.05) is 26.7 Å². The molecular weight excluding hydrogens is 236 g/mol. The smallest absolute Gasteiger partial charge is 0.307 e. The van der Waals surface area contributed by atoms with Crippen LogP contribution in [0, 0.1) is 5.92 Å². The summed E-state index contributed by atoms with van der Waals surface area (Å²) in [5.74, 6) is -0.666. The SMILES string of the molecule is COC(=O)CCN(CCNC(C)=O)C(=O)C(C)C. The van der Waals surface area contributed by atoms with Gasteiger partial charge < -0.3 is 15.0 Å². The molecule has 104 valence electrons. The Kier molecular flexibility index (Phi) is 7.74. The van der Waals surface area contributed by atoms with Gasteiger partial charge in [0.15, 0.2) is 0 Å². The lowest BCUT2D eigenvalue weighted by Crippen LogP contribution is -2.41. The number of carbonyl (C=O) groups excluding carboxylic acids is 3. The van der Waals surface area contributed by atoms with E-state index in [0.717, 1.165) is 0 Å². The molecule has 0 spiro atoms. The molecule has 0 fully saturated rings. The highest BCUT2D eigenvalue weighted by Gasteiger charge is 2.17. The summed E-state index contributed by atoms with van der Waals surface area (Å²) in [6.07, 6.45) is 0.162. The zero-order valence-electron chi connectivity index (χ0n) is 11.5. The number of carbonyl (C=O) groups is 3. The van der Waals surface area contributed by atoms with Crippen LogP contribution in [0.4, 0.5) is 0 Å². The van der Waals surface area contributed by atoms with E-state index in [9.17, 15) is 14.4 Å². The topological polar surface area (TPSA) is 75.7 Å². The van der Waals surface area contributed by atoms with E-state index in [1.165, 1.54) is 14.0 Å². The maximum atomic E-state index is 11.9. The minimum atomic E-state index is -0.351.